The molecule has 11 nitrogen and oxygen atoms in total. The third-order valence-electron chi connectivity index (χ3n) is 4.40. The first-order valence-electron chi connectivity index (χ1n) is 10.4. The number of fused-ring (bicyclic) bond motifs is 1. The first-order chi connectivity index (χ1) is 15.4. The zero-order valence-electron chi connectivity index (χ0n) is 19.4. The lowest BCUT2D eigenvalue weighted by atomic mass is 10.2. The summed E-state index contributed by atoms with van der Waals surface area (Å²) in [4.78, 5) is 39.7. The number of hydrogen-bond donors (Lipinski definition) is 0. The summed E-state index contributed by atoms with van der Waals surface area (Å²) < 4.78 is 24.1. The van der Waals surface area contributed by atoms with Gasteiger partial charge in [-0.15, -0.1) is 0 Å². The quantitative estimate of drug-likeness (QED) is 0.338. The number of nitrogens with zero attached hydrogens (tertiary/aromatic N) is 5. The van der Waals surface area contributed by atoms with Gasteiger partial charge in [-0.05, 0) is 54.4 Å². The summed E-state index contributed by atoms with van der Waals surface area (Å²) in [5.74, 6) is -0.0264. The fourth-order valence-corrected chi connectivity index (χ4v) is 3.84. The van der Waals surface area contributed by atoms with E-state index in [9.17, 15) is 9.59 Å². The van der Waals surface area contributed by atoms with Crippen LogP contribution in [0.5, 0.6) is 0 Å². The van der Waals surface area contributed by atoms with Gasteiger partial charge in [0.2, 0.25) is 0 Å². The maximum Gasteiger partial charge on any atom is 0.425 e. The second-order valence-corrected chi connectivity index (χ2v) is 10.9. The number of carbonyl (C=O) groups excluding carboxylic acids is 2. The molecule has 0 saturated carbocycles. The van der Waals surface area contributed by atoms with E-state index in [2.05, 4.69) is 36.2 Å². The molecule has 2 amide bonds. The van der Waals surface area contributed by atoms with Gasteiger partial charge >= 0.3 is 12.2 Å². The molecule has 1 aliphatic rings. The Morgan fingerprint density at radius 3 is 2.33 bits per heavy atom. The van der Waals surface area contributed by atoms with Crippen LogP contribution in [0.4, 0.5) is 15.4 Å². The maximum atomic E-state index is 13.0. The molecular weight excluding hydrogens is 565 g/mol. The minimum Gasteiger partial charge on any atom is -0.443 e. The van der Waals surface area contributed by atoms with Crippen LogP contribution in [0.1, 0.15) is 60.6 Å². The Labute approximate surface area is 208 Å². The SMILES string of the molecule is CC(C)(C)OC(=O)N(C(=O)OC(C)(C)C)c1ncnc2c1ncn2C1CCC(COSI)O1. The molecular formula is C20H28IN5O6S. The second kappa shape index (κ2) is 10.3. The molecule has 13 heteroatoms. The van der Waals surface area contributed by atoms with Gasteiger partial charge in [0.1, 0.15) is 23.8 Å². The van der Waals surface area contributed by atoms with E-state index < -0.39 is 23.4 Å². The van der Waals surface area contributed by atoms with Crippen LogP contribution < -0.4 is 4.90 Å². The second-order valence-electron chi connectivity index (χ2n) is 9.46. The van der Waals surface area contributed by atoms with E-state index in [4.69, 9.17) is 18.4 Å². The number of rotatable bonds is 5. The highest BCUT2D eigenvalue weighted by molar-refractivity contribution is 14.2. The van der Waals surface area contributed by atoms with E-state index in [1.807, 2.05) is 0 Å². The highest BCUT2D eigenvalue weighted by atomic mass is 127. The van der Waals surface area contributed by atoms with Gasteiger partial charge in [-0.1, -0.05) is 0 Å². The van der Waals surface area contributed by atoms with Gasteiger partial charge in [-0.2, -0.15) is 4.90 Å². The summed E-state index contributed by atoms with van der Waals surface area (Å²) in [6.07, 6.45) is 2.20. The Bertz CT molecular complexity index is 977. The van der Waals surface area contributed by atoms with E-state index in [0.29, 0.717) is 12.3 Å². The van der Waals surface area contributed by atoms with Crippen molar-refractivity contribution in [3.8, 4) is 0 Å². The molecule has 0 aromatic carbocycles. The maximum absolute atomic E-state index is 13.0. The fourth-order valence-electron chi connectivity index (χ4n) is 3.19. The molecule has 182 valence electrons. The minimum atomic E-state index is -0.920. The van der Waals surface area contributed by atoms with E-state index in [1.165, 1.54) is 15.5 Å². The van der Waals surface area contributed by atoms with Crippen LogP contribution in [0.2, 0.25) is 0 Å². The molecule has 1 aliphatic heterocycles. The monoisotopic (exact) mass is 593 g/mol. The first kappa shape index (κ1) is 25.9. The third-order valence-corrected chi connectivity index (χ3v) is 5.39. The first-order valence-corrected chi connectivity index (χ1v) is 13.7. The third kappa shape index (κ3) is 6.67. The predicted octanol–water partition coefficient (Wildman–Crippen LogP) is 5.20. The number of imide groups is 1. The molecule has 1 saturated heterocycles. The van der Waals surface area contributed by atoms with Crippen molar-refractivity contribution in [1.29, 1.82) is 0 Å². The molecule has 2 aromatic heterocycles. The minimum absolute atomic E-state index is 0.0264. The van der Waals surface area contributed by atoms with Crippen molar-refractivity contribution in [1.82, 2.24) is 19.5 Å². The molecule has 2 atom stereocenters. The molecule has 2 aromatic rings. The lowest BCUT2D eigenvalue weighted by Gasteiger charge is -2.28. The topological polar surface area (TPSA) is 118 Å². The fraction of sp³-hybridized carbons (Fsp3) is 0.650. The van der Waals surface area contributed by atoms with Crippen LogP contribution in [-0.4, -0.2) is 55.6 Å². The molecule has 3 rings (SSSR count). The van der Waals surface area contributed by atoms with Crippen LogP contribution in [0.15, 0.2) is 12.7 Å². The van der Waals surface area contributed by atoms with Gasteiger partial charge < -0.3 is 18.4 Å². The largest absolute Gasteiger partial charge is 0.443 e. The van der Waals surface area contributed by atoms with Crippen LogP contribution in [0, 0.1) is 0 Å². The number of ether oxygens (including phenoxy) is 3. The standard InChI is InChI=1S/C20H28IN5O6S/c1-19(2,3)31-17(27)26(18(28)32-20(4,5)6)16-14-15(22-10-23-16)25(11-24-14)13-8-7-12(30-13)9-29-33-21/h10-13H,7-9H2,1-6H3. The highest BCUT2D eigenvalue weighted by Gasteiger charge is 2.36. The van der Waals surface area contributed by atoms with Crippen LogP contribution >= 0.6 is 30.4 Å². The lowest BCUT2D eigenvalue weighted by Crippen LogP contribution is -2.44. The van der Waals surface area contributed by atoms with Crippen LogP contribution in [-0.2, 0) is 18.4 Å². The van der Waals surface area contributed by atoms with E-state index in [1.54, 1.807) is 52.4 Å². The van der Waals surface area contributed by atoms with Crippen molar-refractivity contribution in [2.75, 3.05) is 11.5 Å². The van der Waals surface area contributed by atoms with Crippen LogP contribution in [0.25, 0.3) is 11.2 Å². The number of imidazole rings is 1. The van der Waals surface area contributed by atoms with Crippen molar-refractivity contribution in [2.45, 2.75) is 77.9 Å². The molecule has 33 heavy (non-hydrogen) atoms. The summed E-state index contributed by atoms with van der Waals surface area (Å²) >= 11 is 2.06. The number of anilines is 1. The number of carbonyl (C=O) groups is 2. The Kier molecular flexibility index (Phi) is 8.07. The molecule has 2 unspecified atom stereocenters. The average Bonchev–Trinajstić information content (AvgIpc) is 3.30. The summed E-state index contributed by atoms with van der Waals surface area (Å²) in [5, 5.41) is 0. The van der Waals surface area contributed by atoms with Gasteiger partial charge in [0.25, 0.3) is 0 Å². The van der Waals surface area contributed by atoms with E-state index in [0.717, 1.165) is 17.7 Å². The molecule has 0 aliphatic carbocycles. The van der Waals surface area contributed by atoms with Gasteiger partial charge in [-0.25, -0.2) is 24.5 Å². The molecule has 1 fully saturated rings. The Morgan fingerprint density at radius 2 is 1.76 bits per heavy atom. The molecule has 3 heterocycles. The number of halogens is 1. The molecule has 0 spiro atoms. The van der Waals surface area contributed by atoms with E-state index in [-0.39, 0.29) is 23.7 Å². The van der Waals surface area contributed by atoms with E-state index >= 15 is 0 Å². The van der Waals surface area contributed by atoms with Gasteiger partial charge in [0.05, 0.1) is 28.3 Å². The number of aromatic nitrogens is 4. The van der Waals surface area contributed by atoms with Crippen molar-refractivity contribution in [3.63, 3.8) is 0 Å². The van der Waals surface area contributed by atoms with Gasteiger partial charge in [-0.3, -0.25) is 4.57 Å². The highest BCUT2D eigenvalue weighted by Crippen LogP contribution is 2.33. The summed E-state index contributed by atoms with van der Waals surface area (Å²) in [5.41, 5.74) is -1.01. The van der Waals surface area contributed by atoms with Gasteiger partial charge in [0, 0.05) is 21.2 Å². The van der Waals surface area contributed by atoms with Gasteiger partial charge in [0.15, 0.2) is 17.0 Å². The number of amides is 2. The van der Waals surface area contributed by atoms with Crippen molar-refractivity contribution < 1.29 is 28.0 Å². The summed E-state index contributed by atoms with van der Waals surface area (Å²) in [7, 11) is 1.26. The van der Waals surface area contributed by atoms with Crippen molar-refractivity contribution in [3.05, 3.63) is 12.7 Å². The predicted molar refractivity (Wildman–Crippen MR) is 131 cm³/mol. The van der Waals surface area contributed by atoms with Crippen LogP contribution in [0.3, 0.4) is 0 Å². The zero-order valence-corrected chi connectivity index (χ0v) is 22.4. The molecule has 0 radical (unpaired) electrons. The molecule has 0 bridgehead atoms. The van der Waals surface area contributed by atoms with Crippen molar-refractivity contribution in [2.24, 2.45) is 0 Å². The zero-order chi connectivity index (χ0) is 24.4. The molecule has 0 N–H and O–H groups in total. The lowest BCUT2D eigenvalue weighted by molar-refractivity contribution is -0.0124. The Hall–Kier alpha value is -1.71. The summed E-state index contributed by atoms with van der Waals surface area (Å²) in [6.45, 7) is 10.7. The summed E-state index contributed by atoms with van der Waals surface area (Å²) in [6, 6.07) is 0. The normalized spacial score (nSPS) is 19.0. The smallest absolute Gasteiger partial charge is 0.425 e. The Morgan fingerprint density at radius 1 is 1.12 bits per heavy atom. The average molecular weight is 593 g/mol. The Balaban J connectivity index is 1.97. The number of hydrogen-bond acceptors (Lipinski definition) is 10. The van der Waals surface area contributed by atoms with Crippen molar-refractivity contribution >= 4 is 59.6 Å².